The first-order valence-corrected chi connectivity index (χ1v) is 7.26. The highest BCUT2D eigenvalue weighted by Gasteiger charge is 2.14. The van der Waals surface area contributed by atoms with E-state index >= 15 is 0 Å². The number of hydrogen-bond donors (Lipinski definition) is 1. The second-order valence-corrected chi connectivity index (χ2v) is 5.09. The second-order valence-electron chi connectivity index (χ2n) is 4.66. The Bertz CT molecular complexity index is 451. The van der Waals surface area contributed by atoms with Crippen LogP contribution in [0.15, 0.2) is 18.2 Å². The summed E-state index contributed by atoms with van der Waals surface area (Å²) in [5, 5.41) is 3.98. The number of amides is 1. The molecule has 0 radical (unpaired) electrons. The van der Waals surface area contributed by atoms with Gasteiger partial charge in [-0.3, -0.25) is 4.79 Å². The van der Waals surface area contributed by atoms with Gasteiger partial charge < -0.3 is 15.0 Å². The Balaban J connectivity index is 2.81. The SMILES string of the molecule is CCNC(C)c1cc(Cl)ccc1OCC(=O)N(C)CC. The normalized spacial score (nSPS) is 12.1. The van der Waals surface area contributed by atoms with Crippen molar-refractivity contribution < 1.29 is 9.53 Å². The molecule has 1 N–H and O–H groups in total. The Labute approximate surface area is 126 Å². The van der Waals surface area contributed by atoms with E-state index in [1.54, 1.807) is 18.0 Å². The van der Waals surface area contributed by atoms with Crippen molar-refractivity contribution in [3.8, 4) is 5.75 Å². The first-order valence-electron chi connectivity index (χ1n) is 6.89. The fraction of sp³-hybridized carbons (Fsp3) is 0.533. The van der Waals surface area contributed by atoms with E-state index in [1.165, 1.54) is 0 Å². The zero-order valence-corrected chi connectivity index (χ0v) is 13.3. The van der Waals surface area contributed by atoms with Crippen LogP contribution in [0.3, 0.4) is 0 Å². The molecule has 1 aromatic rings. The second kappa shape index (κ2) is 8.12. The van der Waals surface area contributed by atoms with Gasteiger partial charge in [0.2, 0.25) is 0 Å². The number of nitrogens with one attached hydrogen (secondary N) is 1. The molecule has 0 saturated heterocycles. The van der Waals surface area contributed by atoms with Crippen LogP contribution in [0.5, 0.6) is 5.75 Å². The summed E-state index contributed by atoms with van der Waals surface area (Å²) < 4.78 is 5.65. The summed E-state index contributed by atoms with van der Waals surface area (Å²) in [6.07, 6.45) is 0. The minimum Gasteiger partial charge on any atom is -0.483 e. The van der Waals surface area contributed by atoms with Gasteiger partial charge in [0.05, 0.1) is 0 Å². The van der Waals surface area contributed by atoms with Crippen LogP contribution < -0.4 is 10.1 Å². The number of benzene rings is 1. The Kier molecular flexibility index (Phi) is 6.82. The molecular formula is C15H23ClN2O2. The summed E-state index contributed by atoms with van der Waals surface area (Å²) in [4.78, 5) is 13.4. The van der Waals surface area contributed by atoms with Crippen LogP contribution in [0, 0.1) is 0 Å². The van der Waals surface area contributed by atoms with Crippen LogP contribution in [0.25, 0.3) is 0 Å². The molecule has 0 aliphatic heterocycles. The lowest BCUT2D eigenvalue weighted by molar-refractivity contribution is -0.131. The summed E-state index contributed by atoms with van der Waals surface area (Å²) in [5.74, 6) is 0.658. The Morgan fingerprint density at radius 1 is 1.45 bits per heavy atom. The van der Waals surface area contributed by atoms with E-state index in [1.807, 2.05) is 32.9 Å². The largest absolute Gasteiger partial charge is 0.483 e. The van der Waals surface area contributed by atoms with E-state index in [4.69, 9.17) is 16.3 Å². The van der Waals surface area contributed by atoms with Gasteiger partial charge in [-0.15, -0.1) is 0 Å². The first kappa shape index (κ1) is 16.8. The molecule has 0 bridgehead atoms. The number of ether oxygens (including phenoxy) is 1. The summed E-state index contributed by atoms with van der Waals surface area (Å²) in [6, 6.07) is 5.57. The van der Waals surface area contributed by atoms with Crippen molar-refractivity contribution in [2.75, 3.05) is 26.7 Å². The summed E-state index contributed by atoms with van der Waals surface area (Å²) >= 11 is 6.04. The van der Waals surface area contributed by atoms with Crippen LogP contribution in [0.2, 0.25) is 5.02 Å². The van der Waals surface area contributed by atoms with Gasteiger partial charge >= 0.3 is 0 Å². The van der Waals surface area contributed by atoms with E-state index in [0.29, 0.717) is 17.3 Å². The summed E-state index contributed by atoms with van der Waals surface area (Å²) in [5.41, 5.74) is 0.964. The predicted molar refractivity (Wildman–Crippen MR) is 82.3 cm³/mol. The molecule has 5 heteroatoms. The smallest absolute Gasteiger partial charge is 0.260 e. The van der Waals surface area contributed by atoms with Crippen LogP contribution in [0.1, 0.15) is 32.4 Å². The molecule has 1 rings (SSSR count). The number of carbonyl (C=O) groups excluding carboxylic acids is 1. The molecule has 1 amide bonds. The fourth-order valence-electron chi connectivity index (χ4n) is 1.83. The van der Waals surface area contributed by atoms with Crippen molar-refractivity contribution in [2.45, 2.75) is 26.8 Å². The number of likely N-dealkylation sites (N-methyl/N-ethyl adjacent to an activating group) is 1. The lowest BCUT2D eigenvalue weighted by Gasteiger charge is -2.19. The quantitative estimate of drug-likeness (QED) is 0.841. The maximum Gasteiger partial charge on any atom is 0.260 e. The van der Waals surface area contributed by atoms with Crippen molar-refractivity contribution in [3.63, 3.8) is 0 Å². The number of nitrogens with zero attached hydrogens (tertiary/aromatic N) is 1. The Morgan fingerprint density at radius 3 is 2.75 bits per heavy atom. The van der Waals surface area contributed by atoms with Crippen LogP contribution in [-0.4, -0.2) is 37.6 Å². The molecule has 1 unspecified atom stereocenters. The van der Waals surface area contributed by atoms with Gasteiger partial charge in [0.1, 0.15) is 5.75 Å². The lowest BCUT2D eigenvalue weighted by atomic mass is 10.1. The lowest BCUT2D eigenvalue weighted by Crippen LogP contribution is -2.31. The van der Waals surface area contributed by atoms with E-state index < -0.39 is 0 Å². The molecule has 0 aliphatic carbocycles. The predicted octanol–water partition coefficient (Wildman–Crippen LogP) is 2.87. The Hall–Kier alpha value is -1.26. The number of carbonyl (C=O) groups is 1. The maximum absolute atomic E-state index is 11.8. The van der Waals surface area contributed by atoms with E-state index in [9.17, 15) is 4.79 Å². The number of hydrogen-bond acceptors (Lipinski definition) is 3. The van der Waals surface area contributed by atoms with Crippen molar-refractivity contribution in [1.29, 1.82) is 0 Å². The molecule has 4 nitrogen and oxygen atoms in total. The van der Waals surface area contributed by atoms with Crippen LogP contribution in [-0.2, 0) is 4.79 Å². The monoisotopic (exact) mass is 298 g/mol. The topological polar surface area (TPSA) is 41.6 Å². The van der Waals surface area contributed by atoms with Crippen molar-refractivity contribution in [1.82, 2.24) is 10.2 Å². The molecule has 0 aliphatic rings. The number of halogens is 1. The highest BCUT2D eigenvalue weighted by Crippen LogP contribution is 2.28. The zero-order chi connectivity index (χ0) is 15.1. The molecule has 0 aromatic heterocycles. The van der Waals surface area contributed by atoms with Crippen LogP contribution >= 0.6 is 11.6 Å². The van der Waals surface area contributed by atoms with Gasteiger partial charge in [-0.1, -0.05) is 18.5 Å². The average molecular weight is 299 g/mol. The minimum absolute atomic E-state index is 0.0375. The molecule has 20 heavy (non-hydrogen) atoms. The third kappa shape index (κ3) is 4.69. The maximum atomic E-state index is 11.8. The van der Waals surface area contributed by atoms with Gasteiger partial charge in [0.25, 0.3) is 5.91 Å². The molecule has 0 spiro atoms. The molecule has 112 valence electrons. The van der Waals surface area contributed by atoms with Crippen molar-refractivity contribution in [2.24, 2.45) is 0 Å². The highest BCUT2D eigenvalue weighted by atomic mass is 35.5. The zero-order valence-electron chi connectivity index (χ0n) is 12.6. The molecule has 0 saturated carbocycles. The standard InChI is InChI=1S/C15H23ClN2O2/c1-5-17-11(3)13-9-12(16)7-8-14(13)20-10-15(19)18(4)6-2/h7-9,11,17H,5-6,10H2,1-4H3. The van der Waals surface area contributed by atoms with Crippen molar-refractivity contribution in [3.05, 3.63) is 28.8 Å². The van der Waals surface area contributed by atoms with Gasteiger partial charge in [-0.25, -0.2) is 0 Å². The van der Waals surface area contributed by atoms with Gasteiger partial charge in [0, 0.05) is 30.2 Å². The number of rotatable bonds is 7. The third-order valence-corrected chi connectivity index (χ3v) is 3.43. The molecule has 1 atom stereocenters. The minimum atomic E-state index is -0.0375. The molecule has 1 aromatic carbocycles. The van der Waals surface area contributed by atoms with Gasteiger partial charge in [0.15, 0.2) is 6.61 Å². The first-order chi connectivity index (χ1) is 9.49. The van der Waals surface area contributed by atoms with E-state index in [2.05, 4.69) is 5.32 Å². The summed E-state index contributed by atoms with van der Waals surface area (Å²) in [6.45, 7) is 7.58. The average Bonchev–Trinajstić information content (AvgIpc) is 2.44. The molecular weight excluding hydrogens is 276 g/mol. The van der Waals surface area contributed by atoms with E-state index in [0.717, 1.165) is 12.1 Å². The van der Waals surface area contributed by atoms with E-state index in [-0.39, 0.29) is 18.6 Å². The fourth-order valence-corrected chi connectivity index (χ4v) is 2.01. The highest BCUT2D eigenvalue weighted by molar-refractivity contribution is 6.30. The van der Waals surface area contributed by atoms with Crippen LogP contribution in [0.4, 0.5) is 0 Å². The summed E-state index contributed by atoms with van der Waals surface area (Å²) in [7, 11) is 1.76. The van der Waals surface area contributed by atoms with Gasteiger partial charge in [-0.2, -0.15) is 0 Å². The van der Waals surface area contributed by atoms with Crippen molar-refractivity contribution >= 4 is 17.5 Å². The molecule has 0 fully saturated rings. The Morgan fingerprint density at radius 2 is 2.15 bits per heavy atom. The van der Waals surface area contributed by atoms with Gasteiger partial charge in [-0.05, 0) is 38.6 Å². The molecule has 0 heterocycles. The third-order valence-electron chi connectivity index (χ3n) is 3.20.